The molecular formula is C27H32N7O+. The van der Waals surface area contributed by atoms with E-state index in [9.17, 15) is 0 Å². The van der Waals surface area contributed by atoms with Gasteiger partial charge in [-0.3, -0.25) is 5.41 Å². The van der Waals surface area contributed by atoms with Gasteiger partial charge in [0.25, 0.3) is 0 Å². The summed E-state index contributed by atoms with van der Waals surface area (Å²) in [5.41, 5.74) is 10.9. The van der Waals surface area contributed by atoms with Gasteiger partial charge >= 0.3 is 0 Å². The van der Waals surface area contributed by atoms with Crippen LogP contribution in [0.2, 0.25) is 0 Å². The molecule has 180 valence electrons. The van der Waals surface area contributed by atoms with Crippen molar-refractivity contribution in [2.24, 2.45) is 17.8 Å². The number of hydrogen-bond acceptors (Lipinski definition) is 6. The molecule has 0 unspecified atom stereocenters. The molecule has 1 aromatic heterocycles. The second-order valence-corrected chi connectivity index (χ2v) is 8.29. The SMILES string of the molecule is CCOc1ccc(NC2=C/C(=N/c3ccc(NCCCn4cc[n+](C)c4)cc3)C(N)=CC2=N)cc1. The molecule has 3 aromatic rings. The average Bonchev–Trinajstić information content (AvgIpc) is 3.27. The average molecular weight is 471 g/mol. The number of aliphatic imine (C=N–C) groups is 1. The number of nitrogens with zero attached hydrogens (tertiary/aromatic N) is 3. The van der Waals surface area contributed by atoms with Crippen molar-refractivity contribution < 1.29 is 9.30 Å². The van der Waals surface area contributed by atoms with E-state index in [1.54, 1.807) is 6.08 Å². The van der Waals surface area contributed by atoms with Gasteiger partial charge < -0.3 is 21.1 Å². The van der Waals surface area contributed by atoms with Crippen molar-refractivity contribution in [1.29, 1.82) is 5.41 Å². The lowest BCUT2D eigenvalue weighted by molar-refractivity contribution is -0.671. The van der Waals surface area contributed by atoms with Crippen LogP contribution >= 0.6 is 0 Å². The molecule has 0 amide bonds. The lowest BCUT2D eigenvalue weighted by Gasteiger charge is -2.16. The Morgan fingerprint density at radius 1 is 1.06 bits per heavy atom. The van der Waals surface area contributed by atoms with E-state index in [2.05, 4.69) is 27.7 Å². The van der Waals surface area contributed by atoms with Crippen LogP contribution in [0.3, 0.4) is 0 Å². The van der Waals surface area contributed by atoms with Gasteiger partial charge in [-0.05, 0) is 67.6 Å². The molecule has 35 heavy (non-hydrogen) atoms. The van der Waals surface area contributed by atoms with Gasteiger partial charge in [0.15, 0.2) is 0 Å². The fourth-order valence-corrected chi connectivity index (χ4v) is 3.68. The molecule has 4 rings (SSSR count). The quantitative estimate of drug-likeness (QED) is 0.203. The first kappa shape index (κ1) is 23.8. The van der Waals surface area contributed by atoms with Crippen molar-refractivity contribution in [3.8, 4) is 5.75 Å². The van der Waals surface area contributed by atoms with Crippen LogP contribution in [0, 0.1) is 5.41 Å². The molecule has 8 heteroatoms. The van der Waals surface area contributed by atoms with Crippen LogP contribution in [0.4, 0.5) is 17.1 Å². The lowest BCUT2D eigenvalue weighted by Crippen LogP contribution is -2.23. The van der Waals surface area contributed by atoms with E-state index in [0.717, 1.165) is 42.3 Å². The first-order chi connectivity index (χ1) is 17.0. The van der Waals surface area contributed by atoms with E-state index in [-0.39, 0.29) is 0 Å². The van der Waals surface area contributed by atoms with Crippen LogP contribution in [0.5, 0.6) is 5.75 Å². The Morgan fingerprint density at radius 2 is 1.80 bits per heavy atom. The van der Waals surface area contributed by atoms with Crippen molar-refractivity contribution in [3.63, 3.8) is 0 Å². The van der Waals surface area contributed by atoms with E-state index < -0.39 is 0 Å². The van der Waals surface area contributed by atoms with Crippen molar-refractivity contribution in [1.82, 2.24) is 4.57 Å². The van der Waals surface area contributed by atoms with Crippen LogP contribution in [0.1, 0.15) is 13.3 Å². The summed E-state index contributed by atoms with van der Waals surface area (Å²) in [5, 5.41) is 15.0. The minimum atomic E-state index is 0.309. The molecule has 8 nitrogen and oxygen atoms in total. The predicted molar refractivity (Wildman–Crippen MR) is 142 cm³/mol. The first-order valence-corrected chi connectivity index (χ1v) is 11.7. The first-order valence-electron chi connectivity index (χ1n) is 11.7. The van der Waals surface area contributed by atoms with E-state index in [1.807, 2.05) is 79.3 Å². The topological polar surface area (TPSA) is 104 Å². The van der Waals surface area contributed by atoms with Gasteiger partial charge in [-0.15, -0.1) is 0 Å². The Balaban J connectivity index is 1.37. The summed E-state index contributed by atoms with van der Waals surface area (Å²) in [6.45, 7) is 4.43. The highest BCUT2D eigenvalue weighted by Gasteiger charge is 2.15. The van der Waals surface area contributed by atoms with Gasteiger partial charge in [-0.25, -0.2) is 14.1 Å². The molecule has 5 N–H and O–H groups in total. The van der Waals surface area contributed by atoms with E-state index in [1.165, 1.54) is 0 Å². The number of aromatic nitrogens is 2. The summed E-state index contributed by atoms with van der Waals surface area (Å²) < 4.78 is 9.70. The van der Waals surface area contributed by atoms with Crippen LogP contribution in [0.25, 0.3) is 0 Å². The van der Waals surface area contributed by atoms with Gasteiger partial charge in [0.2, 0.25) is 6.33 Å². The Labute approximate surface area is 206 Å². The summed E-state index contributed by atoms with van der Waals surface area (Å²) in [7, 11) is 2.02. The van der Waals surface area contributed by atoms with Crippen LogP contribution in [-0.2, 0) is 13.6 Å². The summed E-state index contributed by atoms with van der Waals surface area (Å²) in [5.74, 6) is 0.810. The largest absolute Gasteiger partial charge is 0.494 e. The van der Waals surface area contributed by atoms with Crippen LogP contribution in [-0.4, -0.2) is 29.1 Å². The Kier molecular flexibility index (Phi) is 7.62. The number of anilines is 2. The van der Waals surface area contributed by atoms with Gasteiger partial charge in [-0.1, -0.05) is 0 Å². The smallest absolute Gasteiger partial charge is 0.243 e. The maximum atomic E-state index is 8.29. The zero-order valence-corrected chi connectivity index (χ0v) is 20.2. The number of benzene rings is 2. The highest BCUT2D eigenvalue weighted by molar-refractivity contribution is 6.23. The number of rotatable bonds is 10. The Morgan fingerprint density at radius 3 is 2.49 bits per heavy atom. The fraction of sp³-hybridized carbons (Fsp3) is 0.222. The normalized spacial score (nSPS) is 14.5. The number of nitrogens with one attached hydrogen (secondary N) is 3. The molecule has 1 aliphatic rings. The molecule has 1 heterocycles. The minimum Gasteiger partial charge on any atom is -0.494 e. The molecule has 0 saturated heterocycles. The fourth-order valence-electron chi connectivity index (χ4n) is 3.68. The summed E-state index contributed by atoms with van der Waals surface area (Å²) in [6, 6.07) is 15.6. The minimum absolute atomic E-state index is 0.309. The second kappa shape index (κ2) is 11.2. The van der Waals surface area contributed by atoms with Gasteiger partial charge in [0.05, 0.1) is 48.7 Å². The van der Waals surface area contributed by atoms with E-state index in [4.69, 9.17) is 20.9 Å². The van der Waals surface area contributed by atoms with Gasteiger partial charge in [0, 0.05) is 24.3 Å². The van der Waals surface area contributed by atoms with Gasteiger partial charge in [0.1, 0.15) is 18.1 Å². The molecule has 0 radical (unpaired) electrons. The standard InChI is InChI=1S/C27H32N7O/c1-3-35-23-11-9-22(10-12-23)32-27-18-26(24(28)17-25(27)29)31-21-7-5-20(6-8-21)30-13-4-14-34-16-15-33(2)19-34/h5-12,15-19,29-30,32H,3-4,13-14,28H2,1-2H3/q+1/b29-25?,31-26-. The zero-order chi connectivity index (χ0) is 24.6. The summed E-state index contributed by atoms with van der Waals surface area (Å²) in [6.07, 6.45) is 10.7. The maximum Gasteiger partial charge on any atom is 0.243 e. The number of allylic oxidation sites excluding steroid dienone is 2. The third-order valence-electron chi connectivity index (χ3n) is 5.47. The number of hydrogen-bond donors (Lipinski definition) is 4. The van der Waals surface area contributed by atoms with Crippen molar-refractivity contribution >= 4 is 28.5 Å². The van der Waals surface area contributed by atoms with Crippen LogP contribution < -0.4 is 25.7 Å². The van der Waals surface area contributed by atoms with E-state index >= 15 is 0 Å². The van der Waals surface area contributed by atoms with E-state index in [0.29, 0.717) is 29.4 Å². The second-order valence-electron chi connectivity index (χ2n) is 8.29. The maximum absolute atomic E-state index is 8.29. The molecule has 2 aromatic carbocycles. The van der Waals surface area contributed by atoms with Crippen molar-refractivity contribution in [2.45, 2.75) is 19.9 Å². The van der Waals surface area contributed by atoms with Crippen molar-refractivity contribution in [2.75, 3.05) is 23.8 Å². The predicted octanol–water partition coefficient (Wildman–Crippen LogP) is 4.16. The van der Waals surface area contributed by atoms with Crippen LogP contribution in [0.15, 0.2) is 95.8 Å². The third-order valence-corrected chi connectivity index (χ3v) is 5.47. The van der Waals surface area contributed by atoms with Crippen molar-refractivity contribution in [3.05, 3.63) is 90.8 Å². The number of nitrogens with two attached hydrogens (primary N) is 1. The summed E-state index contributed by atoms with van der Waals surface area (Å²) in [4.78, 5) is 4.70. The number of aryl methyl sites for hydroxylation is 2. The Bertz CT molecular complexity index is 1250. The molecule has 1 aliphatic carbocycles. The molecular weight excluding hydrogens is 438 g/mol. The number of imidazole rings is 1. The number of ether oxygens (including phenoxy) is 1. The third kappa shape index (κ3) is 6.60. The molecule has 0 fully saturated rings. The molecule has 0 spiro atoms. The molecule has 0 atom stereocenters. The highest BCUT2D eigenvalue weighted by atomic mass is 16.5. The Hall–Kier alpha value is -4.33. The monoisotopic (exact) mass is 470 g/mol. The van der Waals surface area contributed by atoms with Gasteiger partial charge in [-0.2, -0.15) is 0 Å². The molecule has 0 bridgehead atoms. The lowest BCUT2D eigenvalue weighted by atomic mass is 10.0. The molecule has 0 saturated carbocycles. The zero-order valence-electron chi connectivity index (χ0n) is 20.2. The molecule has 0 aliphatic heterocycles. The highest BCUT2D eigenvalue weighted by Crippen LogP contribution is 2.22. The summed E-state index contributed by atoms with van der Waals surface area (Å²) >= 11 is 0.